The number of carbonyl (C=O) groups excluding carboxylic acids is 3. The van der Waals surface area contributed by atoms with E-state index in [0.29, 0.717) is 31.3 Å². The molecule has 2 aromatic rings. The number of rotatable bonds is 10. The summed E-state index contributed by atoms with van der Waals surface area (Å²) in [6, 6.07) is 15.6. The van der Waals surface area contributed by atoms with E-state index in [1.165, 1.54) is 0 Å². The van der Waals surface area contributed by atoms with Gasteiger partial charge < -0.3 is 14.8 Å². The zero-order chi connectivity index (χ0) is 20.9. The van der Waals surface area contributed by atoms with Crippen LogP contribution in [0.4, 0.5) is 5.69 Å². The molecule has 0 saturated carbocycles. The molecular formula is C21H25N3O5. The summed E-state index contributed by atoms with van der Waals surface area (Å²) in [5.74, 6) is -0.887. The molecule has 0 fully saturated rings. The normalized spacial score (nSPS) is 10.1. The summed E-state index contributed by atoms with van der Waals surface area (Å²) in [5.41, 5.74) is 5.58. The lowest BCUT2D eigenvalue weighted by Gasteiger charge is -2.12. The van der Waals surface area contributed by atoms with Crippen molar-refractivity contribution in [1.29, 1.82) is 0 Å². The zero-order valence-electron chi connectivity index (χ0n) is 16.3. The monoisotopic (exact) mass is 399 g/mol. The summed E-state index contributed by atoms with van der Waals surface area (Å²) >= 11 is 0. The lowest BCUT2D eigenvalue weighted by molar-refractivity contribution is -0.124. The van der Waals surface area contributed by atoms with Crippen LogP contribution in [0.15, 0.2) is 54.6 Å². The van der Waals surface area contributed by atoms with Crippen molar-refractivity contribution in [2.75, 3.05) is 25.1 Å². The first-order chi connectivity index (χ1) is 14.1. The van der Waals surface area contributed by atoms with Crippen LogP contribution in [0.1, 0.15) is 30.1 Å². The Bertz CT molecular complexity index is 811. The molecule has 0 aliphatic heterocycles. The van der Waals surface area contributed by atoms with Crippen LogP contribution in [0, 0.1) is 0 Å². The number of nitrogens with one attached hydrogen (secondary N) is 3. The predicted octanol–water partition coefficient (Wildman–Crippen LogP) is 2.28. The standard InChI is InChI=1S/C21H25N3O5/c1-2-28-14-15-29-18-11-7-6-10-17(18)21(27)24-23-20(26)13-12-19(25)22-16-8-4-3-5-9-16/h3-11H,2,12-15H2,1H3,(H,22,25)(H,23,26)(H,24,27). The van der Waals surface area contributed by atoms with Gasteiger partial charge in [-0.1, -0.05) is 30.3 Å². The molecule has 0 aliphatic rings. The molecule has 154 valence electrons. The van der Waals surface area contributed by atoms with Crippen LogP contribution in [0.3, 0.4) is 0 Å². The number of carbonyl (C=O) groups is 3. The molecule has 8 nitrogen and oxygen atoms in total. The fraction of sp³-hybridized carbons (Fsp3) is 0.286. The van der Waals surface area contributed by atoms with Crippen molar-refractivity contribution >= 4 is 23.4 Å². The highest BCUT2D eigenvalue weighted by molar-refractivity contribution is 5.98. The summed E-state index contributed by atoms with van der Waals surface area (Å²) in [6.07, 6.45) is -0.0703. The average molecular weight is 399 g/mol. The highest BCUT2D eigenvalue weighted by Gasteiger charge is 2.13. The molecule has 29 heavy (non-hydrogen) atoms. The molecule has 0 aromatic heterocycles. The highest BCUT2D eigenvalue weighted by atomic mass is 16.5. The van der Waals surface area contributed by atoms with E-state index < -0.39 is 11.8 Å². The predicted molar refractivity (Wildman–Crippen MR) is 108 cm³/mol. The Balaban J connectivity index is 1.75. The number of para-hydroxylation sites is 2. The minimum absolute atomic E-state index is 0.00623. The van der Waals surface area contributed by atoms with Gasteiger partial charge in [-0.05, 0) is 31.2 Å². The van der Waals surface area contributed by atoms with Gasteiger partial charge in [0.2, 0.25) is 11.8 Å². The summed E-state index contributed by atoms with van der Waals surface area (Å²) in [5, 5.41) is 2.69. The van der Waals surface area contributed by atoms with Crippen LogP contribution >= 0.6 is 0 Å². The number of hydrogen-bond acceptors (Lipinski definition) is 5. The number of amides is 3. The second-order valence-corrected chi connectivity index (χ2v) is 5.96. The van der Waals surface area contributed by atoms with Crippen molar-refractivity contribution < 1.29 is 23.9 Å². The first-order valence-electron chi connectivity index (χ1n) is 9.33. The second kappa shape index (κ2) is 12.1. The van der Waals surface area contributed by atoms with Crippen LogP contribution in [0.25, 0.3) is 0 Å². The lowest BCUT2D eigenvalue weighted by Crippen LogP contribution is -2.42. The van der Waals surface area contributed by atoms with Gasteiger partial charge >= 0.3 is 0 Å². The third-order valence-electron chi connectivity index (χ3n) is 3.77. The minimum atomic E-state index is -0.515. The summed E-state index contributed by atoms with van der Waals surface area (Å²) in [7, 11) is 0. The van der Waals surface area contributed by atoms with Gasteiger partial charge in [-0.25, -0.2) is 0 Å². The van der Waals surface area contributed by atoms with Crippen molar-refractivity contribution in [3.05, 3.63) is 60.2 Å². The van der Waals surface area contributed by atoms with E-state index in [4.69, 9.17) is 9.47 Å². The topological polar surface area (TPSA) is 106 Å². The van der Waals surface area contributed by atoms with Gasteiger partial charge in [0.25, 0.3) is 5.91 Å². The SMILES string of the molecule is CCOCCOc1ccccc1C(=O)NNC(=O)CCC(=O)Nc1ccccc1. The quantitative estimate of drug-likeness (QED) is 0.420. The molecule has 0 heterocycles. The van der Waals surface area contributed by atoms with E-state index in [-0.39, 0.29) is 24.3 Å². The summed E-state index contributed by atoms with van der Waals surface area (Å²) in [6.45, 7) is 3.19. The van der Waals surface area contributed by atoms with E-state index in [1.807, 2.05) is 13.0 Å². The third kappa shape index (κ3) is 8.02. The molecular weight excluding hydrogens is 374 g/mol. The van der Waals surface area contributed by atoms with Crippen molar-refractivity contribution in [3.8, 4) is 5.75 Å². The van der Waals surface area contributed by atoms with Crippen molar-refractivity contribution in [1.82, 2.24) is 10.9 Å². The number of hydrogen-bond donors (Lipinski definition) is 3. The molecule has 0 spiro atoms. The Morgan fingerprint density at radius 2 is 1.52 bits per heavy atom. The van der Waals surface area contributed by atoms with Crippen LogP contribution in [0.2, 0.25) is 0 Å². The molecule has 0 radical (unpaired) electrons. The average Bonchev–Trinajstić information content (AvgIpc) is 2.74. The molecule has 0 bridgehead atoms. The summed E-state index contributed by atoms with van der Waals surface area (Å²) in [4.78, 5) is 36.1. The number of benzene rings is 2. The number of hydrazine groups is 1. The van der Waals surface area contributed by atoms with Crippen LogP contribution in [0.5, 0.6) is 5.75 Å². The Morgan fingerprint density at radius 3 is 2.28 bits per heavy atom. The Morgan fingerprint density at radius 1 is 0.828 bits per heavy atom. The summed E-state index contributed by atoms with van der Waals surface area (Å²) < 4.78 is 10.8. The molecule has 3 N–H and O–H groups in total. The van der Waals surface area contributed by atoms with Gasteiger partial charge in [-0.15, -0.1) is 0 Å². The minimum Gasteiger partial charge on any atom is -0.490 e. The molecule has 0 aliphatic carbocycles. The highest BCUT2D eigenvalue weighted by Crippen LogP contribution is 2.17. The maximum Gasteiger partial charge on any atom is 0.273 e. The molecule has 8 heteroatoms. The van der Waals surface area contributed by atoms with Crippen molar-refractivity contribution in [3.63, 3.8) is 0 Å². The van der Waals surface area contributed by atoms with Crippen molar-refractivity contribution in [2.24, 2.45) is 0 Å². The second-order valence-electron chi connectivity index (χ2n) is 5.96. The first kappa shape index (κ1) is 21.9. The Kier molecular flexibility index (Phi) is 9.17. The fourth-order valence-electron chi connectivity index (χ4n) is 2.36. The van der Waals surface area contributed by atoms with E-state index in [0.717, 1.165) is 0 Å². The van der Waals surface area contributed by atoms with E-state index in [2.05, 4.69) is 16.2 Å². The van der Waals surface area contributed by atoms with Gasteiger partial charge in [-0.2, -0.15) is 0 Å². The molecule has 0 unspecified atom stereocenters. The Labute approximate surface area is 169 Å². The first-order valence-corrected chi connectivity index (χ1v) is 9.33. The smallest absolute Gasteiger partial charge is 0.273 e. The maximum atomic E-state index is 12.3. The van der Waals surface area contributed by atoms with E-state index >= 15 is 0 Å². The van der Waals surface area contributed by atoms with Crippen molar-refractivity contribution in [2.45, 2.75) is 19.8 Å². The molecule has 0 atom stereocenters. The van der Waals surface area contributed by atoms with Gasteiger partial charge in [-0.3, -0.25) is 25.2 Å². The largest absolute Gasteiger partial charge is 0.490 e. The Hall–Kier alpha value is -3.39. The lowest BCUT2D eigenvalue weighted by atomic mass is 10.2. The van der Waals surface area contributed by atoms with Crippen LogP contribution in [-0.2, 0) is 14.3 Å². The number of anilines is 1. The molecule has 2 rings (SSSR count). The molecule has 2 aromatic carbocycles. The van der Waals surface area contributed by atoms with Gasteiger partial charge in [0.15, 0.2) is 0 Å². The maximum absolute atomic E-state index is 12.3. The van der Waals surface area contributed by atoms with E-state index in [9.17, 15) is 14.4 Å². The van der Waals surface area contributed by atoms with Gasteiger partial charge in [0.1, 0.15) is 12.4 Å². The van der Waals surface area contributed by atoms with Gasteiger partial charge in [0.05, 0.1) is 12.2 Å². The third-order valence-corrected chi connectivity index (χ3v) is 3.77. The van der Waals surface area contributed by atoms with E-state index in [1.54, 1.807) is 48.5 Å². The van der Waals surface area contributed by atoms with Crippen LogP contribution in [-0.4, -0.2) is 37.5 Å². The fourth-order valence-corrected chi connectivity index (χ4v) is 2.36. The molecule has 0 saturated heterocycles. The number of ether oxygens (including phenoxy) is 2. The van der Waals surface area contributed by atoms with Crippen LogP contribution < -0.4 is 20.9 Å². The molecule has 3 amide bonds. The zero-order valence-corrected chi connectivity index (χ0v) is 16.3. The van der Waals surface area contributed by atoms with Gasteiger partial charge in [0, 0.05) is 25.1 Å².